The van der Waals surface area contributed by atoms with E-state index in [1.807, 2.05) is 4.68 Å². The topological polar surface area (TPSA) is 63.1 Å². The Balaban J connectivity index is 1.78. The van der Waals surface area contributed by atoms with Gasteiger partial charge in [-0.3, -0.25) is 4.79 Å². The van der Waals surface area contributed by atoms with E-state index < -0.39 is 0 Å². The second-order valence-electron chi connectivity index (χ2n) is 8.15. The van der Waals surface area contributed by atoms with Crippen molar-refractivity contribution >= 4 is 17.4 Å². The normalized spacial score (nSPS) is 20.7. The highest BCUT2D eigenvalue weighted by Gasteiger charge is 2.41. The molecule has 1 aromatic heterocycles. The summed E-state index contributed by atoms with van der Waals surface area (Å²) in [4.78, 5) is 19.7. The summed E-state index contributed by atoms with van der Waals surface area (Å²) in [7, 11) is 0. The first kappa shape index (κ1) is 17.8. The maximum atomic E-state index is 13.1. The summed E-state index contributed by atoms with van der Waals surface area (Å²) in [5, 5.41) is 7.77. The van der Waals surface area contributed by atoms with Crippen LogP contribution in [0.3, 0.4) is 0 Å². The van der Waals surface area contributed by atoms with Gasteiger partial charge in [0, 0.05) is 36.5 Å². The molecule has 1 aliphatic carbocycles. The number of hydrogen-bond donors (Lipinski definition) is 1. The fraction of sp³-hybridized carbons (Fsp3) is 0.476. The molecule has 4 rings (SSSR count). The highest BCUT2D eigenvalue weighted by Crippen LogP contribution is 2.45. The fourth-order valence-corrected chi connectivity index (χ4v) is 4.31. The Hall–Kier alpha value is -2.63. The predicted molar refractivity (Wildman–Crippen MR) is 107 cm³/mol. The average molecular weight is 365 g/mol. The van der Waals surface area contributed by atoms with Crippen molar-refractivity contribution in [3.63, 3.8) is 0 Å². The van der Waals surface area contributed by atoms with E-state index in [9.17, 15) is 4.79 Å². The number of fused-ring (bicyclic) bond motifs is 1. The van der Waals surface area contributed by atoms with Gasteiger partial charge in [-0.05, 0) is 43.4 Å². The monoisotopic (exact) mass is 365 g/mol. The molecule has 6 heteroatoms. The van der Waals surface area contributed by atoms with E-state index in [1.54, 1.807) is 6.33 Å². The van der Waals surface area contributed by atoms with Gasteiger partial charge in [0.25, 0.3) is 0 Å². The molecule has 1 atom stereocenters. The first-order valence-electron chi connectivity index (χ1n) is 9.71. The molecule has 27 heavy (non-hydrogen) atoms. The SMILES string of the molecule is CCN(CC)c1ccc([C@@H]2C3=C(CC(C)(C)CC3=O)Nc3ncnn32)cc1. The van der Waals surface area contributed by atoms with Crippen LogP contribution in [0.2, 0.25) is 0 Å². The largest absolute Gasteiger partial charge is 0.372 e. The molecule has 1 N–H and O–H groups in total. The molecule has 0 spiro atoms. The Morgan fingerprint density at radius 2 is 1.89 bits per heavy atom. The maximum Gasteiger partial charge on any atom is 0.226 e. The van der Waals surface area contributed by atoms with Gasteiger partial charge in [-0.1, -0.05) is 26.0 Å². The Kier molecular flexibility index (Phi) is 4.29. The van der Waals surface area contributed by atoms with E-state index in [0.717, 1.165) is 36.3 Å². The van der Waals surface area contributed by atoms with Crippen molar-refractivity contribution < 1.29 is 4.79 Å². The van der Waals surface area contributed by atoms with Crippen molar-refractivity contribution in [2.75, 3.05) is 23.3 Å². The molecule has 0 unspecified atom stereocenters. The number of rotatable bonds is 4. The van der Waals surface area contributed by atoms with Crippen LogP contribution in [0.5, 0.6) is 0 Å². The number of nitrogens with zero attached hydrogens (tertiary/aromatic N) is 4. The van der Waals surface area contributed by atoms with Crippen molar-refractivity contribution in [1.82, 2.24) is 14.8 Å². The molecular formula is C21H27N5O. The molecule has 0 amide bonds. The Labute approximate surface area is 160 Å². The van der Waals surface area contributed by atoms with Gasteiger partial charge in [0.15, 0.2) is 5.78 Å². The van der Waals surface area contributed by atoms with Gasteiger partial charge >= 0.3 is 0 Å². The molecule has 1 aromatic carbocycles. The summed E-state index contributed by atoms with van der Waals surface area (Å²) in [5.41, 5.74) is 4.06. The molecular weight excluding hydrogens is 338 g/mol. The van der Waals surface area contributed by atoms with Crippen LogP contribution in [0.4, 0.5) is 11.6 Å². The molecule has 6 nitrogen and oxygen atoms in total. The number of nitrogens with one attached hydrogen (secondary N) is 1. The van der Waals surface area contributed by atoms with Crippen molar-refractivity contribution in [2.45, 2.75) is 46.6 Å². The van der Waals surface area contributed by atoms with E-state index in [-0.39, 0.29) is 17.2 Å². The van der Waals surface area contributed by atoms with Crippen LogP contribution in [0.25, 0.3) is 0 Å². The third-order valence-corrected chi connectivity index (χ3v) is 5.61. The zero-order chi connectivity index (χ0) is 19.2. The first-order chi connectivity index (χ1) is 12.9. The van der Waals surface area contributed by atoms with Gasteiger partial charge in [-0.15, -0.1) is 0 Å². The van der Waals surface area contributed by atoms with E-state index in [0.29, 0.717) is 12.4 Å². The number of hydrogen-bond acceptors (Lipinski definition) is 5. The van der Waals surface area contributed by atoms with E-state index in [1.165, 1.54) is 5.69 Å². The van der Waals surface area contributed by atoms with Crippen molar-refractivity contribution in [1.29, 1.82) is 0 Å². The second kappa shape index (κ2) is 6.51. The first-order valence-corrected chi connectivity index (χ1v) is 9.71. The summed E-state index contributed by atoms with van der Waals surface area (Å²) in [6.07, 6.45) is 2.95. The zero-order valence-electron chi connectivity index (χ0n) is 16.5. The van der Waals surface area contributed by atoms with Crippen LogP contribution < -0.4 is 10.2 Å². The number of carbonyl (C=O) groups is 1. The lowest BCUT2D eigenvalue weighted by atomic mass is 9.73. The number of aromatic nitrogens is 3. The van der Waals surface area contributed by atoms with Crippen LogP contribution in [0.15, 0.2) is 41.9 Å². The molecule has 2 aliphatic rings. The average Bonchev–Trinajstić information content (AvgIpc) is 3.08. The molecule has 0 saturated carbocycles. The third-order valence-electron chi connectivity index (χ3n) is 5.61. The lowest BCUT2D eigenvalue weighted by molar-refractivity contribution is -0.118. The highest BCUT2D eigenvalue weighted by molar-refractivity contribution is 6.00. The highest BCUT2D eigenvalue weighted by atomic mass is 16.1. The quantitative estimate of drug-likeness (QED) is 0.893. The number of Topliss-reactive ketones (excluding diaryl/α,β-unsaturated/α-hetero) is 1. The number of benzene rings is 1. The Bertz CT molecular complexity index is 890. The summed E-state index contributed by atoms with van der Waals surface area (Å²) >= 11 is 0. The number of carbonyl (C=O) groups excluding carboxylic acids is 1. The molecule has 2 aromatic rings. The lowest BCUT2D eigenvalue weighted by Gasteiger charge is -2.38. The molecule has 0 fully saturated rings. The van der Waals surface area contributed by atoms with E-state index in [4.69, 9.17) is 0 Å². The van der Waals surface area contributed by atoms with Gasteiger partial charge < -0.3 is 10.2 Å². The van der Waals surface area contributed by atoms with Crippen LogP contribution in [0.1, 0.15) is 52.1 Å². The van der Waals surface area contributed by atoms with E-state index >= 15 is 0 Å². The van der Waals surface area contributed by atoms with Gasteiger partial charge in [-0.25, -0.2) is 4.68 Å². The van der Waals surface area contributed by atoms with Gasteiger partial charge in [0.2, 0.25) is 5.95 Å². The smallest absolute Gasteiger partial charge is 0.226 e. The number of ketones is 1. The van der Waals surface area contributed by atoms with Gasteiger partial charge in [0.1, 0.15) is 12.4 Å². The second-order valence-corrected chi connectivity index (χ2v) is 8.15. The van der Waals surface area contributed by atoms with Gasteiger partial charge in [-0.2, -0.15) is 10.1 Å². The number of anilines is 2. The summed E-state index contributed by atoms with van der Waals surface area (Å²) < 4.78 is 1.83. The van der Waals surface area contributed by atoms with Crippen LogP contribution in [-0.4, -0.2) is 33.6 Å². The molecule has 0 radical (unpaired) electrons. The summed E-state index contributed by atoms with van der Waals surface area (Å²) in [6, 6.07) is 8.30. The third kappa shape index (κ3) is 3.03. The standard InChI is InChI=1S/C21H27N5O/c1-5-25(6-2)15-9-7-14(8-10-15)19-18-16(11-21(3,4)12-17(18)27)24-20-22-13-23-26(19)20/h7-10,13,19H,5-6,11-12H2,1-4H3,(H,22,23,24)/t19-/m1/s1. The molecule has 0 bridgehead atoms. The fourth-order valence-electron chi connectivity index (χ4n) is 4.31. The predicted octanol–water partition coefficient (Wildman–Crippen LogP) is 3.78. The number of allylic oxidation sites excluding steroid dienone is 2. The molecule has 142 valence electrons. The van der Waals surface area contributed by atoms with Crippen LogP contribution in [0, 0.1) is 5.41 Å². The summed E-state index contributed by atoms with van der Waals surface area (Å²) in [5.74, 6) is 0.907. The van der Waals surface area contributed by atoms with Crippen LogP contribution >= 0.6 is 0 Å². The maximum absolute atomic E-state index is 13.1. The van der Waals surface area contributed by atoms with Gasteiger partial charge in [0.05, 0.1) is 0 Å². The Morgan fingerprint density at radius 1 is 1.19 bits per heavy atom. The summed E-state index contributed by atoms with van der Waals surface area (Å²) in [6.45, 7) is 10.5. The minimum Gasteiger partial charge on any atom is -0.372 e. The molecule has 0 saturated heterocycles. The van der Waals surface area contributed by atoms with Crippen molar-refractivity contribution in [2.24, 2.45) is 5.41 Å². The molecule has 2 heterocycles. The van der Waals surface area contributed by atoms with E-state index in [2.05, 4.69) is 72.3 Å². The molecule has 1 aliphatic heterocycles. The lowest BCUT2D eigenvalue weighted by Crippen LogP contribution is -2.36. The Morgan fingerprint density at radius 3 is 2.56 bits per heavy atom. The zero-order valence-corrected chi connectivity index (χ0v) is 16.5. The minimum absolute atomic E-state index is 0.0394. The van der Waals surface area contributed by atoms with Crippen LogP contribution in [-0.2, 0) is 4.79 Å². The minimum atomic E-state index is -0.215. The van der Waals surface area contributed by atoms with Crippen molar-refractivity contribution in [3.8, 4) is 0 Å². The van der Waals surface area contributed by atoms with Crippen molar-refractivity contribution in [3.05, 3.63) is 47.4 Å².